The predicted molar refractivity (Wildman–Crippen MR) is 75.9 cm³/mol. The SMILES string of the molecule is CCCS(=O)(=O)c1cnn(C(C)CC2CCCC2)c1. The maximum atomic E-state index is 12.0. The minimum absolute atomic E-state index is 0.204. The van der Waals surface area contributed by atoms with Crippen LogP contribution in [0, 0.1) is 5.92 Å². The zero-order valence-electron chi connectivity index (χ0n) is 11.9. The second-order valence-corrected chi connectivity index (χ2v) is 7.82. The molecule has 0 saturated heterocycles. The van der Waals surface area contributed by atoms with E-state index in [0.29, 0.717) is 11.3 Å². The van der Waals surface area contributed by atoms with Crippen LogP contribution in [-0.2, 0) is 9.84 Å². The van der Waals surface area contributed by atoms with Gasteiger partial charge in [0, 0.05) is 12.2 Å². The Balaban J connectivity index is 2.03. The van der Waals surface area contributed by atoms with Crippen molar-refractivity contribution in [3.05, 3.63) is 12.4 Å². The van der Waals surface area contributed by atoms with Gasteiger partial charge in [-0.2, -0.15) is 5.10 Å². The van der Waals surface area contributed by atoms with Crippen LogP contribution in [-0.4, -0.2) is 24.0 Å². The van der Waals surface area contributed by atoms with Gasteiger partial charge in [0.05, 0.1) is 11.9 Å². The average molecular weight is 284 g/mol. The Morgan fingerprint density at radius 1 is 1.42 bits per heavy atom. The summed E-state index contributed by atoms with van der Waals surface area (Å²) in [6.45, 7) is 4.01. The van der Waals surface area contributed by atoms with Crippen LogP contribution in [0.4, 0.5) is 0 Å². The Labute approximate surface area is 116 Å². The molecule has 1 atom stereocenters. The van der Waals surface area contributed by atoms with Gasteiger partial charge in [-0.15, -0.1) is 0 Å². The lowest BCUT2D eigenvalue weighted by Gasteiger charge is -2.16. The lowest BCUT2D eigenvalue weighted by atomic mass is 10.00. The molecule has 1 aromatic rings. The summed E-state index contributed by atoms with van der Waals surface area (Å²) in [6.07, 6.45) is 10.2. The minimum atomic E-state index is -3.13. The lowest BCUT2D eigenvalue weighted by molar-refractivity contribution is 0.368. The van der Waals surface area contributed by atoms with Crippen molar-refractivity contribution >= 4 is 9.84 Å². The van der Waals surface area contributed by atoms with Crippen molar-refractivity contribution in [2.45, 2.75) is 63.3 Å². The summed E-state index contributed by atoms with van der Waals surface area (Å²) >= 11 is 0. The van der Waals surface area contributed by atoms with E-state index in [2.05, 4.69) is 12.0 Å². The fourth-order valence-electron chi connectivity index (χ4n) is 2.95. The Kier molecular flexibility index (Phi) is 4.66. The molecule has 0 amide bonds. The van der Waals surface area contributed by atoms with Crippen LogP contribution in [0.15, 0.2) is 17.3 Å². The van der Waals surface area contributed by atoms with E-state index in [1.165, 1.54) is 31.9 Å². The molecule has 5 heteroatoms. The Hall–Kier alpha value is -0.840. The minimum Gasteiger partial charge on any atom is -0.269 e. The zero-order chi connectivity index (χ0) is 13.9. The number of aromatic nitrogens is 2. The third kappa shape index (κ3) is 3.59. The largest absolute Gasteiger partial charge is 0.269 e. The van der Waals surface area contributed by atoms with E-state index in [9.17, 15) is 8.42 Å². The van der Waals surface area contributed by atoms with Crippen molar-refractivity contribution in [3.63, 3.8) is 0 Å². The van der Waals surface area contributed by atoms with E-state index in [-0.39, 0.29) is 11.8 Å². The number of nitrogens with zero attached hydrogens (tertiary/aromatic N) is 2. The molecule has 0 spiro atoms. The van der Waals surface area contributed by atoms with Gasteiger partial charge >= 0.3 is 0 Å². The van der Waals surface area contributed by atoms with E-state index in [1.807, 2.05) is 11.6 Å². The first kappa shape index (κ1) is 14.6. The summed E-state index contributed by atoms with van der Waals surface area (Å²) in [7, 11) is -3.13. The van der Waals surface area contributed by atoms with E-state index in [0.717, 1.165) is 12.3 Å². The maximum absolute atomic E-state index is 12.0. The van der Waals surface area contributed by atoms with Crippen molar-refractivity contribution < 1.29 is 8.42 Å². The van der Waals surface area contributed by atoms with Gasteiger partial charge < -0.3 is 0 Å². The van der Waals surface area contributed by atoms with Crippen molar-refractivity contribution in [2.24, 2.45) is 5.92 Å². The standard InChI is InChI=1S/C14H24N2O2S/c1-3-8-19(17,18)14-10-15-16(11-14)12(2)9-13-6-4-5-7-13/h10-13H,3-9H2,1-2H3. The monoisotopic (exact) mass is 284 g/mol. The van der Waals surface area contributed by atoms with Gasteiger partial charge in [0.25, 0.3) is 0 Å². The number of hydrogen-bond donors (Lipinski definition) is 0. The second-order valence-electron chi connectivity index (χ2n) is 5.71. The average Bonchev–Trinajstić information content (AvgIpc) is 2.99. The zero-order valence-corrected chi connectivity index (χ0v) is 12.7. The molecule has 1 fully saturated rings. The maximum Gasteiger partial charge on any atom is 0.181 e. The molecule has 4 nitrogen and oxygen atoms in total. The van der Waals surface area contributed by atoms with Crippen LogP contribution in [0.5, 0.6) is 0 Å². The van der Waals surface area contributed by atoms with Crippen molar-refractivity contribution in [1.82, 2.24) is 9.78 Å². The summed E-state index contributed by atoms with van der Waals surface area (Å²) in [6, 6.07) is 0.286. The molecule has 1 saturated carbocycles. The van der Waals surface area contributed by atoms with E-state index < -0.39 is 9.84 Å². The summed E-state index contributed by atoms with van der Waals surface area (Å²) in [5.41, 5.74) is 0. The van der Waals surface area contributed by atoms with Gasteiger partial charge in [0.2, 0.25) is 0 Å². The molecule has 1 heterocycles. The first-order chi connectivity index (χ1) is 9.03. The van der Waals surface area contributed by atoms with Crippen molar-refractivity contribution in [2.75, 3.05) is 5.75 Å². The third-order valence-corrected chi connectivity index (χ3v) is 5.89. The Bertz CT molecular complexity index is 501. The Morgan fingerprint density at radius 2 is 2.11 bits per heavy atom. The van der Waals surface area contributed by atoms with E-state index >= 15 is 0 Å². The third-order valence-electron chi connectivity index (χ3n) is 4.01. The van der Waals surface area contributed by atoms with E-state index in [1.54, 1.807) is 6.20 Å². The van der Waals surface area contributed by atoms with Crippen LogP contribution in [0.25, 0.3) is 0 Å². The first-order valence-electron chi connectivity index (χ1n) is 7.30. The number of hydrogen-bond acceptors (Lipinski definition) is 3. The molecule has 1 aromatic heterocycles. The highest BCUT2D eigenvalue weighted by Gasteiger charge is 2.21. The molecule has 1 unspecified atom stereocenters. The quantitative estimate of drug-likeness (QED) is 0.806. The normalized spacial score (nSPS) is 18.8. The van der Waals surface area contributed by atoms with Crippen LogP contribution in [0.3, 0.4) is 0 Å². The van der Waals surface area contributed by atoms with E-state index in [4.69, 9.17) is 0 Å². The summed E-state index contributed by atoms with van der Waals surface area (Å²) in [4.78, 5) is 0.368. The highest BCUT2D eigenvalue weighted by Crippen LogP contribution is 2.31. The fourth-order valence-corrected chi connectivity index (χ4v) is 4.19. The van der Waals surface area contributed by atoms with Crippen LogP contribution >= 0.6 is 0 Å². The van der Waals surface area contributed by atoms with Crippen LogP contribution in [0.2, 0.25) is 0 Å². The van der Waals surface area contributed by atoms with Gasteiger partial charge in [0.1, 0.15) is 4.90 Å². The van der Waals surface area contributed by atoms with Gasteiger partial charge in [-0.3, -0.25) is 4.68 Å². The van der Waals surface area contributed by atoms with Gasteiger partial charge in [-0.1, -0.05) is 32.6 Å². The van der Waals surface area contributed by atoms with Gasteiger partial charge in [-0.25, -0.2) is 8.42 Å². The Morgan fingerprint density at radius 3 is 2.74 bits per heavy atom. The highest BCUT2D eigenvalue weighted by atomic mass is 32.2. The smallest absolute Gasteiger partial charge is 0.181 e. The van der Waals surface area contributed by atoms with Crippen molar-refractivity contribution in [3.8, 4) is 0 Å². The molecule has 0 radical (unpaired) electrons. The molecule has 0 aliphatic heterocycles. The molecule has 0 bridgehead atoms. The molecule has 19 heavy (non-hydrogen) atoms. The second kappa shape index (κ2) is 6.07. The fraction of sp³-hybridized carbons (Fsp3) is 0.786. The van der Waals surface area contributed by atoms with Gasteiger partial charge in [-0.05, 0) is 25.7 Å². The summed E-state index contributed by atoms with van der Waals surface area (Å²) < 4.78 is 25.7. The van der Waals surface area contributed by atoms with Crippen molar-refractivity contribution in [1.29, 1.82) is 0 Å². The molecule has 0 N–H and O–H groups in total. The first-order valence-corrected chi connectivity index (χ1v) is 8.95. The molecule has 0 aromatic carbocycles. The van der Waals surface area contributed by atoms with Gasteiger partial charge in [0.15, 0.2) is 9.84 Å². The van der Waals surface area contributed by atoms with Crippen LogP contribution in [0.1, 0.15) is 58.4 Å². The molecule has 1 aliphatic carbocycles. The number of rotatable bonds is 6. The number of sulfone groups is 1. The predicted octanol–water partition coefficient (Wildman–Crippen LogP) is 3.21. The summed E-state index contributed by atoms with van der Waals surface area (Å²) in [5.74, 6) is 0.991. The summed E-state index contributed by atoms with van der Waals surface area (Å²) in [5, 5.41) is 4.24. The van der Waals surface area contributed by atoms with Crippen LogP contribution < -0.4 is 0 Å². The lowest BCUT2D eigenvalue weighted by Crippen LogP contribution is -2.10. The topological polar surface area (TPSA) is 52.0 Å². The molecule has 108 valence electrons. The molecular weight excluding hydrogens is 260 g/mol. The molecule has 1 aliphatic rings. The molecule has 2 rings (SSSR count). The highest BCUT2D eigenvalue weighted by molar-refractivity contribution is 7.91. The molecular formula is C14H24N2O2S.